The fraction of sp³-hybridized carbons (Fsp3) is 0.158. The van der Waals surface area contributed by atoms with Gasteiger partial charge in [-0.25, -0.2) is 14.8 Å². The number of carbonyl (C=O) groups is 1. The molecule has 10 heteroatoms. The van der Waals surface area contributed by atoms with Gasteiger partial charge in [0.05, 0.1) is 10.9 Å². The highest BCUT2D eigenvalue weighted by Gasteiger charge is 2.27. The zero-order valence-electron chi connectivity index (χ0n) is 15.0. The molecule has 0 aliphatic heterocycles. The van der Waals surface area contributed by atoms with Gasteiger partial charge >= 0.3 is 5.69 Å². The van der Waals surface area contributed by atoms with Gasteiger partial charge < -0.3 is 5.32 Å². The Bertz CT molecular complexity index is 1360. The summed E-state index contributed by atoms with van der Waals surface area (Å²) in [7, 11) is 0. The highest BCUT2D eigenvalue weighted by atomic mass is 16.2. The average Bonchev–Trinajstić information content (AvgIpc) is 3.44. The summed E-state index contributed by atoms with van der Waals surface area (Å²) in [5, 5.41) is 10.1. The quantitative estimate of drug-likeness (QED) is 0.416. The molecular formula is C19H15N7O3. The third kappa shape index (κ3) is 3.31. The molecule has 29 heavy (non-hydrogen) atoms. The number of fused-ring (bicyclic) bond motifs is 1. The van der Waals surface area contributed by atoms with Crippen molar-refractivity contribution in [1.29, 1.82) is 0 Å². The molecule has 4 N–H and O–H groups in total. The first-order valence-corrected chi connectivity index (χ1v) is 9.03. The van der Waals surface area contributed by atoms with Crippen molar-refractivity contribution in [2.75, 3.05) is 5.32 Å². The number of hydrogen-bond donors (Lipinski definition) is 4. The van der Waals surface area contributed by atoms with Crippen LogP contribution in [0.25, 0.3) is 22.4 Å². The molecule has 3 aromatic heterocycles. The zero-order chi connectivity index (χ0) is 20.0. The Labute approximate surface area is 162 Å². The van der Waals surface area contributed by atoms with Crippen LogP contribution in [0.5, 0.6) is 0 Å². The van der Waals surface area contributed by atoms with E-state index in [-0.39, 0.29) is 16.6 Å². The number of aromatic amines is 3. The van der Waals surface area contributed by atoms with Crippen molar-refractivity contribution in [2.24, 2.45) is 0 Å². The van der Waals surface area contributed by atoms with Crippen LogP contribution in [0.1, 0.15) is 34.9 Å². The van der Waals surface area contributed by atoms with Crippen LogP contribution in [0.3, 0.4) is 0 Å². The van der Waals surface area contributed by atoms with Crippen LogP contribution in [0.2, 0.25) is 0 Å². The first-order valence-electron chi connectivity index (χ1n) is 9.03. The first-order chi connectivity index (χ1) is 14.1. The lowest BCUT2D eigenvalue weighted by atomic mass is 10.1. The van der Waals surface area contributed by atoms with Crippen molar-refractivity contribution in [1.82, 2.24) is 30.1 Å². The smallest absolute Gasteiger partial charge is 0.322 e. The molecule has 1 saturated carbocycles. The molecule has 1 aromatic carbocycles. The van der Waals surface area contributed by atoms with E-state index in [1.807, 2.05) is 6.07 Å². The third-order valence-electron chi connectivity index (χ3n) is 4.70. The summed E-state index contributed by atoms with van der Waals surface area (Å²) >= 11 is 0. The van der Waals surface area contributed by atoms with Crippen LogP contribution in [0.4, 0.5) is 5.69 Å². The molecule has 1 aliphatic carbocycles. The fourth-order valence-electron chi connectivity index (χ4n) is 3.05. The van der Waals surface area contributed by atoms with Gasteiger partial charge in [-0.1, -0.05) is 12.1 Å². The number of nitrogens with one attached hydrogen (secondary N) is 4. The number of benzene rings is 1. The molecule has 1 amide bonds. The van der Waals surface area contributed by atoms with Crippen LogP contribution in [-0.2, 0) is 0 Å². The van der Waals surface area contributed by atoms with Crippen molar-refractivity contribution in [3.63, 3.8) is 0 Å². The Morgan fingerprint density at radius 2 is 2.00 bits per heavy atom. The molecule has 1 aliphatic rings. The summed E-state index contributed by atoms with van der Waals surface area (Å²) < 4.78 is 0. The second kappa shape index (κ2) is 6.51. The Balaban J connectivity index is 1.41. The number of nitrogens with zero attached hydrogens (tertiary/aromatic N) is 3. The predicted molar refractivity (Wildman–Crippen MR) is 105 cm³/mol. The highest BCUT2D eigenvalue weighted by molar-refractivity contribution is 6.05. The largest absolute Gasteiger partial charge is 0.327 e. The SMILES string of the molecule is O=C(Nc1cccc(-c2n[nH]c(C3CC3)n2)c1)c1cnc2[nH]c(=O)[nH]c(=O)c2c1. The topological polar surface area (TPSA) is 149 Å². The summed E-state index contributed by atoms with van der Waals surface area (Å²) in [4.78, 5) is 48.9. The first kappa shape index (κ1) is 17.0. The van der Waals surface area contributed by atoms with Crippen LogP contribution in [0.15, 0.2) is 46.1 Å². The number of carbonyl (C=O) groups excluding carboxylic acids is 1. The predicted octanol–water partition coefficient (Wildman–Crippen LogP) is 1.53. The Morgan fingerprint density at radius 1 is 1.14 bits per heavy atom. The second-order valence-corrected chi connectivity index (χ2v) is 6.88. The lowest BCUT2D eigenvalue weighted by Crippen LogP contribution is -2.23. The van der Waals surface area contributed by atoms with Gasteiger partial charge in [0.1, 0.15) is 11.5 Å². The van der Waals surface area contributed by atoms with Crippen LogP contribution in [-0.4, -0.2) is 36.0 Å². The maximum absolute atomic E-state index is 12.6. The van der Waals surface area contributed by atoms with Gasteiger partial charge in [-0.2, -0.15) is 5.10 Å². The van der Waals surface area contributed by atoms with Gasteiger partial charge in [0.2, 0.25) is 0 Å². The molecule has 0 spiro atoms. The van der Waals surface area contributed by atoms with Crippen molar-refractivity contribution in [3.8, 4) is 11.4 Å². The molecule has 0 saturated heterocycles. The molecule has 0 radical (unpaired) electrons. The number of pyridine rings is 1. The van der Waals surface area contributed by atoms with E-state index in [0.29, 0.717) is 17.4 Å². The number of aromatic nitrogens is 6. The van der Waals surface area contributed by atoms with E-state index < -0.39 is 17.2 Å². The van der Waals surface area contributed by atoms with Gasteiger partial charge in [-0.3, -0.25) is 24.7 Å². The standard InChI is InChI=1S/C19H15N7O3/c27-17(11-7-13-16(20-8-11)23-19(29)24-18(13)28)21-12-3-1-2-10(6-12)15-22-14(25-26-15)9-4-5-9/h1-3,6-9H,4-5H2,(H,21,27)(H,22,25,26)(H2,20,23,24,28,29). The van der Waals surface area contributed by atoms with Crippen molar-refractivity contribution < 1.29 is 4.79 Å². The van der Waals surface area contributed by atoms with E-state index in [9.17, 15) is 14.4 Å². The lowest BCUT2D eigenvalue weighted by Gasteiger charge is -2.07. The monoisotopic (exact) mass is 389 g/mol. The summed E-state index contributed by atoms with van der Waals surface area (Å²) in [6, 6.07) is 8.56. The molecule has 0 atom stereocenters. The number of rotatable bonds is 4. The van der Waals surface area contributed by atoms with Gasteiger partial charge in [-0.15, -0.1) is 0 Å². The van der Waals surface area contributed by atoms with Crippen molar-refractivity contribution in [3.05, 3.63) is 68.8 Å². The average molecular weight is 389 g/mol. The third-order valence-corrected chi connectivity index (χ3v) is 4.70. The zero-order valence-corrected chi connectivity index (χ0v) is 15.0. The van der Waals surface area contributed by atoms with E-state index in [2.05, 4.69) is 35.5 Å². The molecule has 1 fully saturated rings. The minimum absolute atomic E-state index is 0.119. The number of H-pyrrole nitrogens is 3. The molecule has 0 bridgehead atoms. The summed E-state index contributed by atoms with van der Waals surface area (Å²) in [6.07, 6.45) is 3.55. The second-order valence-electron chi connectivity index (χ2n) is 6.88. The molecule has 3 heterocycles. The summed E-state index contributed by atoms with van der Waals surface area (Å²) in [6.45, 7) is 0. The van der Waals surface area contributed by atoms with E-state index in [4.69, 9.17) is 0 Å². The van der Waals surface area contributed by atoms with Crippen LogP contribution < -0.4 is 16.6 Å². The molecule has 5 rings (SSSR count). The van der Waals surface area contributed by atoms with Crippen molar-refractivity contribution in [2.45, 2.75) is 18.8 Å². The minimum atomic E-state index is -0.652. The Kier molecular flexibility index (Phi) is 3.83. The fourth-order valence-corrected chi connectivity index (χ4v) is 3.05. The Morgan fingerprint density at radius 3 is 2.83 bits per heavy atom. The minimum Gasteiger partial charge on any atom is -0.322 e. The van der Waals surface area contributed by atoms with Gasteiger partial charge in [-0.05, 0) is 31.0 Å². The maximum atomic E-state index is 12.6. The summed E-state index contributed by atoms with van der Waals surface area (Å²) in [5.41, 5.74) is 0.380. The van der Waals surface area contributed by atoms with Gasteiger partial charge in [0, 0.05) is 23.4 Å². The molecule has 10 nitrogen and oxygen atoms in total. The molecule has 144 valence electrons. The van der Waals surface area contributed by atoms with E-state index in [1.54, 1.807) is 18.2 Å². The Hall–Kier alpha value is -4.08. The molecule has 4 aromatic rings. The van der Waals surface area contributed by atoms with Crippen LogP contribution in [0, 0.1) is 0 Å². The number of amides is 1. The van der Waals surface area contributed by atoms with Gasteiger partial charge in [0.25, 0.3) is 11.5 Å². The van der Waals surface area contributed by atoms with E-state index in [0.717, 1.165) is 24.2 Å². The normalized spacial score (nSPS) is 13.5. The van der Waals surface area contributed by atoms with Gasteiger partial charge in [0.15, 0.2) is 5.82 Å². The number of hydrogen-bond acceptors (Lipinski definition) is 6. The number of anilines is 1. The van der Waals surface area contributed by atoms with Crippen molar-refractivity contribution >= 4 is 22.6 Å². The van der Waals surface area contributed by atoms with Crippen LogP contribution >= 0.6 is 0 Å². The molecular weight excluding hydrogens is 374 g/mol. The van der Waals surface area contributed by atoms with E-state index >= 15 is 0 Å². The van der Waals surface area contributed by atoms with E-state index in [1.165, 1.54) is 12.3 Å². The molecule has 0 unspecified atom stereocenters. The summed E-state index contributed by atoms with van der Waals surface area (Å²) in [5.74, 6) is 1.50. The lowest BCUT2D eigenvalue weighted by molar-refractivity contribution is 0.102. The highest BCUT2D eigenvalue weighted by Crippen LogP contribution is 2.38. The maximum Gasteiger partial charge on any atom is 0.327 e.